The summed E-state index contributed by atoms with van der Waals surface area (Å²) >= 11 is 0. The summed E-state index contributed by atoms with van der Waals surface area (Å²) < 4.78 is 11.0. The maximum atomic E-state index is 11.9. The van der Waals surface area contributed by atoms with Crippen LogP contribution in [0.4, 0.5) is 0 Å². The molecule has 122 valence electrons. The summed E-state index contributed by atoms with van der Waals surface area (Å²) in [6.07, 6.45) is 0. The molecule has 0 unspecified atom stereocenters. The third kappa shape index (κ3) is 5.00. The minimum atomic E-state index is -0.0770. The van der Waals surface area contributed by atoms with Crippen LogP contribution in [0.25, 0.3) is 0 Å². The molecule has 0 atom stereocenters. The van der Waals surface area contributed by atoms with Gasteiger partial charge in [0.25, 0.3) is 5.91 Å². The minimum absolute atomic E-state index is 0.0623. The Kier molecular flexibility index (Phi) is 6.21. The number of carbonyl (C=O) groups excluding carboxylic acids is 1. The van der Waals surface area contributed by atoms with Crippen molar-refractivity contribution in [1.82, 2.24) is 10.2 Å². The van der Waals surface area contributed by atoms with Crippen molar-refractivity contribution in [3.63, 3.8) is 0 Å². The number of hydrogen-bond donors (Lipinski definition) is 1. The van der Waals surface area contributed by atoms with Gasteiger partial charge in [-0.15, -0.1) is 0 Å². The average molecular weight is 306 g/mol. The van der Waals surface area contributed by atoms with E-state index in [4.69, 9.17) is 9.47 Å². The largest absolute Gasteiger partial charge is 0.483 e. The third-order valence-corrected chi connectivity index (χ3v) is 3.98. The van der Waals surface area contributed by atoms with Crippen LogP contribution in [0.2, 0.25) is 0 Å². The summed E-state index contributed by atoms with van der Waals surface area (Å²) in [6.45, 7) is 11.1. The van der Waals surface area contributed by atoms with E-state index in [1.54, 1.807) is 0 Å². The normalized spacial score (nSPS) is 15.6. The molecule has 1 aliphatic heterocycles. The number of ether oxygens (including phenoxy) is 2. The zero-order chi connectivity index (χ0) is 15.9. The van der Waals surface area contributed by atoms with Crippen LogP contribution in [-0.2, 0) is 9.53 Å². The first-order valence-corrected chi connectivity index (χ1v) is 7.83. The van der Waals surface area contributed by atoms with E-state index in [0.29, 0.717) is 6.54 Å². The molecule has 5 nitrogen and oxygen atoms in total. The second-order valence-corrected chi connectivity index (χ2v) is 5.80. The topological polar surface area (TPSA) is 50.8 Å². The number of aryl methyl sites for hydroxylation is 2. The third-order valence-electron chi connectivity index (χ3n) is 3.98. The van der Waals surface area contributed by atoms with E-state index < -0.39 is 0 Å². The summed E-state index contributed by atoms with van der Waals surface area (Å²) in [5.41, 5.74) is 3.42. The lowest BCUT2D eigenvalue weighted by molar-refractivity contribution is -0.123. The molecule has 0 aliphatic carbocycles. The number of hydrogen-bond acceptors (Lipinski definition) is 4. The van der Waals surface area contributed by atoms with Gasteiger partial charge in [0.15, 0.2) is 6.61 Å². The lowest BCUT2D eigenvalue weighted by Gasteiger charge is -2.26. The smallest absolute Gasteiger partial charge is 0.257 e. The van der Waals surface area contributed by atoms with Crippen molar-refractivity contribution in [1.29, 1.82) is 0 Å². The van der Waals surface area contributed by atoms with Crippen LogP contribution in [0.3, 0.4) is 0 Å². The van der Waals surface area contributed by atoms with E-state index in [1.165, 1.54) is 5.56 Å². The zero-order valence-corrected chi connectivity index (χ0v) is 13.8. The van der Waals surface area contributed by atoms with Gasteiger partial charge >= 0.3 is 0 Å². The van der Waals surface area contributed by atoms with Crippen molar-refractivity contribution in [2.45, 2.75) is 20.8 Å². The number of nitrogens with zero attached hydrogens (tertiary/aromatic N) is 1. The molecular formula is C17H26N2O3. The van der Waals surface area contributed by atoms with E-state index in [0.717, 1.165) is 49.7 Å². The molecule has 1 heterocycles. The van der Waals surface area contributed by atoms with E-state index in [9.17, 15) is 4.79 Å². The van der Waals surface area contributed by atoms with E-state index in [1.807, 2.05) is 19.9 Å². The molecule has 0 saturated carbocycles. The Bertz CT molecular complexity index is 511. The van der Waals surface area contributed by atoms with Crippen molar-refractivity contribution < 1.29 is 14.3 Å². The first-order chi connectivity index (χ1) is 10.6. The first-order valence-electron chi connectivity index (χ1n) is 7.83. The van der Waals surface area contributed by atoms with Crippen molar-refractivity contribution >= 4 is 5.91 Å². The molecule has 0 aromatic heterocycles. The second-order valence-electron chi connectivity index (χ2n) is 5.80. The van der Waals surface area contributed by atoms with Gasteiger partial charge in [0.2, 0.25) is 0 Å². The van der Waals surface area contributed by atoms with Gasteiger partial charge in [0.1, 0.15) is 5.75 Å². The van der Waals surface area contributed by atoms with Crippen molar-refractivity contribution in [2.75, 3.05) is 46.0 Å². The molecule has 1 aromatic rings. The molecule has 5 heteroatoms. The van der Waals surface area contributed by atoms with E-state index >= 15 is 0 Å². The summed E-state index contributed by atoms with van der Waals surface area (Å²) in [6, 6.07) is 4.09. The fraction of sp³-hybridized carbons (Fsp3) is 0.588. The minimum Gasteiger partial charge on any atom is -0.483 e. The van der Waals surface area contributed by atoms with Crippen molar-refractivity contribution in [3.05, 3.63) is 28.8 Å². The Hall–Kier alpha value is -1.59. The molecule has 1 aromatic carbocycles. The lowest BCUT2D eigenvalue weighted by Crippen LogP contribution is -2.42. The number of amides is 1. The van der Waals surface area contributed by atoms with Gasteiger partial charge in [-0.2, -0.15) is 0 Å². The summed E-state index contributed by atoms with van der Waals surface area (Å²) in [5, 5.41) is 2.90. The maximum absolute atomic E-state index is 11.9. The van der Waals surface area contributed by atoms with Crippen molar-refractivity contribution in [2.24, 2.45) is 0 Å². The SMILES string of the molecule is Cc1cc(C)c(C)c(OCC(=O)NCCN2CCOCC2)c1. The van der Waals surface area contributed by atoms with Crippen LogP contribution in [0.5, 0.6) is 5.75 Å². The Morgan fingerprint density at radius 2 is 2.00 bits per heavy atom. The van der Waals surface area contributed by atoms with Gasteiger partial charge in [-0.05, 0) is 43.5 Å². The molecule has 22 heavy (non-hydrogen) atoms. The number of benzene rings is 1. The molecule has 1 aliphatic rings. The monoisotopic (exact) mass is 306 g/mol. The van der Waals surface area contributed by atoms with Gasteiger partial charge in [0.05, 0.1) is 13.2 Å². The molecule has 0 spiro atoms. The molecule has 1 saturated heterocycles. The van der Waals surface area contributed by atoms with Gasteiger partial charge in [-0.1, -0.05) is 6.07 Å². The highest BCUT2D eigenvalue weighted by molar-refractivity contribution is 5.77. The molecular weight excluding hydrogens is 280 g/mol. The Morgan fingerprint density at radius 1 is 1.27 bits per heavy atom. The Balaban J connectivity index is 1.71. The van der Waals surface area contributed by atoms with Crippen LogP contribution < -0.4 is 10.1 Å². The van der Waals surface area contributed by atoms with Crippen LogP contribution in [0.15, 0.2) is 12.1 Å². The number of carbonyl (C=O) groups is 1. The first kappa shape index (κ1) is 16.8. The predicted molar refractivity (Wildman–Crippen MR) is 86.4 cm³/mol. The standard InChI is InChI=1S/C17H26N2O3/c1-13-10-14(2)15(3)16(11-13)22-12-17(20)18-4-5-19-6-8-21-9-7-19/h10-11H,4-9,12H2,1-3H3,(H,18,20). The Labute approximate surface area is 132 Å². The highest BCUT2D eigenvalue weighted by Crippen LogP contribution is 2.23. The summed E-state index contributed by atoms with van der Waals surface area (Å²) in [4.78, 5) is 14.2. The predicted octanol–water partition coefficient (Wildman–Crippen LogP) is 1.44. The van der Waals surface area contributed by atoms with Gasteiger partial charge in [-0.25, -0.2) is 0 Å². The Morgan fingerprint density at radius 3 is 2.73 bits per heavy atom. The number of morpholine rings is 1. The van der Waals surface area contributed by atoms with Crippen LogP contribution >= 0.6 is 0 Å². The van der Waals surface area contributed by atoms with Crippen LogP contribution in [-0.4, -0.2) is 56.8 Å². The average Bonchev–Trinajstić information content (AvgIpc) is 2.50. The number of nitrogens with one attached hydrogen (secondary N) is 1. The fourth-order valence-electron chi connectivity index (χ4n) is 2.52. The van der Waals surface area contributed by atoms with Crippen LogP contribution in [0, 0.1) is 20.8 Å². The van der Waals surface area contributed by atoms with E-state index in [2.05, 4.69) is 23.2 Å². The lowest BCUT2D eigenvalue weighted by atomic mass is 10.1. The maximum Gasteiger partial charge on any atom is 0.257 e. The fourth-order valence-corrected chi connectivity index (χ4v) is 2.52. The van der Waals surface area contributed by atoms with Gasteiger partial charge in [0, 0.05) is 26.2 Å². The van der Waals surface area contributed by atoms with E-state index in [-0.39, 0.29) is 12.5 Å². The summed E-state index contributed by atoms with van der Waals surface area (Å²) in [5.74, 6) is 0.715. The highest BCUT2D eigenvalue weighted by atomic mass is 16.5. The van der Waals surface area contributed by atoms with Crippen LogP contribution in [0.1, 0.15) is 16.7 Å². The molecule has 1 amide bonds. The van der Waals surface area contributed by atoms with Gasteiger partial charge < -0.3 is 14.8 Å². The molecule has 1 fully saturated rings. The highest BCUT2D eigenvalue weighted by Gasteiger charge is 2.11. The second kappa shape index (κ2) is 8.15. The summed E-state index contributed by atoms with van der Waals surface area (Å²) in [7, 11) is 0. The molecule has 0 bridgehead atoms. The quantitative estimate of drug-likeness (QED) is 0.864. The molecule has 2 rings (SSSR count). The van der Waals surface area contributed by atoms with Crippen molar-refractivity contribution in [3.8, 4) is 5.75 Å². The number of rotatable bonds is 6. The zero-order valence-electron chi connectivity index (χ0n) is 13.8. The molecule has 0 radical (unpaired) electrons. The van der Waals surface area contributed by atoms with Gasteiger partial charge in [-0.3, -0.25) is 9.69 Å². The molecule has 1 N–H and O–H groups in total.